The average molecular weight is 492 g/mol. The summed E-state index contributed by atoms with van der Waals surface area (Å²) in [6, 6.07) is 14.5. The van der Waals surface area contributed by atoms with Crippen molar-refractivity contribution in [1.82, 2.24) is 4.90 Å². The summed E-state index contributed by atoms with van der Waals surface area (Å²) in [5, 5.41) is 0.151. The van der Waals surface area contributed by atoms with E-state index in [9.17, 15) is 13.2 Å². The van der Waals surface area contributed by atoms with E-state index in [1.165, 1.54) is 18.2 Å². The summed E-state index contributed by atoms with van der Waals surface area (Å²) in [5.74, 6) is -0.188. The molecule has 2 aromatic carbocycles. The van der Waals surface area contributed by atoms with Gasteiger partial charge in [-0.15, -0.1) is 0 Å². The highest BCUT2D eigenvalue weighted by Gasteiger charge is 2.45. The van der Waals surface area contributed by atoms with Gasteiger partial charge in [-0.05, 0) is 43.5 Å². The summed E-state index contributed by atoms with van der Waals surface area (Å²) in [5.41, 5.74) is 1.13. The summed E-state index contributed by atoms with van der Waals surface area (Å²) >= 11 is 6.28. The fourth-order valence-electron chi connectivity index (χ4n) is 4.88. The molecule has 2 aromatic rings. The Kier molecular flexibility index (Phi) is 7.15. The molecule has 0 radical (unpaired) electrons. The number of amides is 1. The molecule has 8 heteroatoms. The van der Waals surface area contributed by atoms with E-state index < -0.39 is 9.84 Å². The van der Waals surface area contributed by atoms with Crippen LogP contribution in [0.1, 0.15) is 54.6 Å². The largest absolute Gasteiger partial charge is 0.378 e. The van der Waals surface area contributed by atoms with E-state index in [-0.39, 0.29) is 33.6 Å². The second kappa shape index (κ2) is 9.74. The molecule has 0 aromatic heterocycles. The Morgan fingerprint density at radius 1 is 1.18 bits per heavy atom. The molecular weight excluding hydrogens is 462 g/mol. The quantitative estimate of drug-likeness (QED) is 0.607. The molecule has 2 saturated heterocycles. The molecule has 1 spiro atoms. The zero-order chi connectivity index (χ0) is 23.6. The van der Waals surface area contributed by atoms with E-state index in [4.69, 9.17) is 21.1 Å². The molecule has 178 valence electrons. The van der Waals surface area contributed by atoms with Crippen molar-refractivity contribution in [3.63, 3.8) is 0 Å². The molecule has 33 heavy (non-hydrogen) atoms. The van der Waals surface area contributed by atoms with Crippen molar-refractivity contribution in [2.24, 2.45) is 0 Å². The summed E-state index contributed by atoms with van der Waals surface area (Å²) in [6.07, 6.45) is 4.27. The number of likely N-dealkylation sites (tertiary alicyclic amines) is 1. The van der Waals surface area contributed by atoms with Crippen molar-refractivity contribution >= 4 is 27.3 Å². The van der Waals surface area contributed by atoms with Gasteiger partial charge in [-0.2, -0.15) is 0 Å². The van der Waals surface area contributed by atoms with Crippen LogP contribution in [0, 0.1) is 0 Å². The summed E-state index contributed by atoms with van der Waals surface area (Å²) < 4.78 is 36.2. The first-order valence-electron chi connectivity index (χ1n) is 11.3. The lowest BCUT2D eigenvalue weighted by molar-refractivity contribution is -0.190. The number of nitrogens with zero attached hydrogens (tertiary/aromatic N) is 1. The van der Waals surface area contributed by atoms with Crippen LogP contribution >= 0.6 is 11.6 Å². The first-order valence-corrected chi connectivity index (χ1v) is 13.6. The Morgan fingerprint density at radius 3 is 2.48 bits per heavy atom. The van der Waals surface area contributed by atoms with E-state index in [1.807, 2.05) is 25.1 Å². The molecular formula is C25H30ClNO5S. The number of rotatable bonds is 5. The predicted octanol–water partition coefficient (Wildman–Crippen LogP) is 4.68. The molecule has 2 atom stereocenters. The Bertz CT molecular complexity index is 1100. The molecule has 2 aliphatic rings. The van der Waals surface area contributed by atoms with Gasteiger partial charge in [-0.1, -0.05) is 41.9 Å². The minimum atomic E-state index is -3.39. The minimum Gasteiger partial charge on any atom is -0.378 e. The van der Waals surface area contributed by atoms with Crippen LogP contribution < -0.4 is 0 Å². The maximum atomic E-state index is 13.1. The highest BCUT2D eigenvalue weighted by Crippen LogP contribution is 2.44. The van der Waals surface area contributed by atoms with E-state index in [0.717, 1.165) is 24.7 Å². The van der Waals surface area contributed by atoms with Gasteiger partial charge >= 0.3 is 0 Å². The van der Waals surface area contributed by atoms with Gasteiger partial charge in [0.2, 0.25) is 0 Å². The number of benzene rings is 2. The summed E-state index contributed by atoms with van der Waals surface area (Å²) in [4.78, 5) is 15.0. The van der Waals surface area contributed by atoms with Gasteiger partial charge in [0.05, 0.1) is 33.3 Å². The average Bonchev–Trinajstić information content (AvgIpc) is 2.79. The number of hydrogen-bond acceptors (Lipinski definition) is 5. The van der Waals surface area contributed by atoms with Crippen molar-refractivity contribution in [2.75, 3.05) is 26.0 Å². The summed E-state index contributed by atoms with van der Waals surface area (Å²) in [6.45, 7) is 3.77. The van der Waals surface area contributed by atoms with Crippen LogP contribution in [0.2, 0.25) is 5.02 Å². The molecule has 2 aliphatic heterocycles. The predicted molar refractivity (Wildman–Crippen MR) is 127 cm³/mol. The van der Waals surface area contributed by atoms with Crippen molar-refractivity contribution in [1.29, 1.82) is 0 Å². The molecule has 6 nitrogen and oxygen atoms in total. The van der Waals surface area contributed by atoms with E-state index in [2.05, 4.69) is 12.1 Å². The summed E-state index contributed by atoms with van der Waals surface area (Å²) in [7, 11) is -3.39. The third-order valence-corrected chi connectivity index (χ3v) is 8.03. The number of piperidine rings is 1. The zero-order valence-corrected chi connectivity index (χ0v) is 20.6. The van der Waals surface area contributed by atoms with Gasteiger partial charge in [-0.3, -0.25) is 4.79 Å². The fraction of sp³-hybridized carbons (Fsp3) is 0.480. The number of sulfone groups is 1. The van der Waals surface area contributed by atoms with E-state index >= 15 is 0 Å². The van der Waals surface area contributed by atoms with Crippen molar-refractivity contribution in [2.45, 2.75) is 55.3 Å². The lowest BCUT2D eigenvalue weighted by atomic mass is 9.80. The maximum Gasteiger partial charge on any atom is 0.255 e. The van der Waals surface area contributed by atoms with Gasteiger partial charge in [0.25, 0.3) is 5.91 Å². The Balaban J connectivity index is 1.48. The highest BCUT2D eigenvalue weighted by atomic mass is 35.5. The van der Waals surface area contributed by atoms with Crippen molar-refractivity contribution in [3.8, 4) is 0 Å². The number of carbonyl (C=O) groups excluding carboxylic acids is 1. The third-order valence-electron chi connectivity index (χ3n) is 6.60. The molecule has 0 saturated carbocycles. The molecule has 2 fully saturated rings. The fourth-order valence-corrected chi connectivity index (χ4v) is 5.85. The minimum absolute atomic E-state index is 0.0308. The standard InChI is InChI=1S/C25H30ClNO5S/c1-3-31-19-15-23(18-7-5-4-6-8-18)32-25(17-19)11-13-27(14-12-25)24(28)21-10-9-20(16-22(21)26)33(2,29)30/h4-10,16,19,23H,3,11-15,17H2,1-2H3/t19-,23-/m1/s1. The molecule has 0 N–H and O–H groups in total. The topological polar surface area (TPSA) is 72.9 Å². The molecule has 1 amide bonds. The number of hydrogen-bond donors (Lipinski definition) is 0. The van der Waals surface area contributed by atoms with E-state index in [1.54, 1.807) is 4.90 Å². The zero-order valence-electron chi connectivity index (χ0n) is 19.0. The third kappa shape index (κ3) is 5.43. The Labute approximate surface area is 200 Å². The lowest BCUT2D eigenvalue weighted by Gasteiger charge is -2.48. The second-order valence-electron chi connectivity index (χ2n) is 8.92. The number of ether oxygens (including phenoxy) is 2. The van der Waals surface area contributed by atoms with Crippen LogP contribution in [0.5, 0.6) is 0 Å². The maximum absolute atomic E-state index is 13.1. The molecule has 0 bridgehead atoms. The molecule has 4 rings (SSSR count). The van der Waals surface area contributed by atoms with Crippen molar-refractivity contribution < 1.29 is 22.7 Å². The molecule has 0 unspecified atom stereocenters. The highest BCUT2D eigenvalue weighted by molar-refractivity contribution is 7.90. The molecule has 0 aliphatic carbocycles. The second-order valence-corrected chi connectivity index (χ2v) is 11.3. The van der Waals surface area contributed by atoms with Crippen LogP contribution in [0.15, 0.2) is 53.4 Å². The first-order chi connectivity index (χ1) is 15.7. The molecule has 2 heterocycles. The Hall–Kier alpha value is -1.93. The van der Waals surface area contributed by atoms with Gasteiger partial charge in [0.1, 0.15) is 0 Å². The van der Waals surface area contributed by atoms with Crippen LogP contribution in [0.25, 0.3) is 0 Å². The first kappa shape index (κ1) is 24.2. The van der Waals surface area contributed by atoms with Crippen molar-refractivity contribution in [3.05, 3.63) is 64.7 Å². The lowest BCUT2D eigenvalue weighted by Crippen LogP contribution is -2.52. The Morgan fingerprint density at radius 2 is 1.88 bits per heavy atom. The monoisotopic (exact) mass is 491 g/mol. The van der Waals surface area contributed by atoms with Crippen LogP contribution in [0.3, 0.4) is 0 Å². The SMILES string of the molecule is CCO[C@@H]1C[C@H](c2ccccc2)OC2(CCN(C(=O)c3ccc(S(C)(=O)=O)cc3Cl)CC2)C1. The smallest absolute Gasteiger partial charge is 0.255 e. The van der Waals surface area contributed by atoms with E-state index in [0.29, 0.717) is 38.1 Å². The van der Waals surface area contributed by atoms with Gasteiger partial charge < -0.3 is 14.4 Å². The van der Waals surface area contributed by atoms with Crippen LogP contribution in [-0.2, 0) is 19.3 Å². The number of halogens is 1. The van der Waals surface area contributed by atoms with Gasteiger partial charge in [0, 0.05) is 38.8 Å². The van der Waals surface area contributed by atoms with Crippen LogP contribution in [-0.4, -0.2) is 56.9 Å². The van der Waals surface area contributed by atoms with Gasteiger partial charge in [-0.25, -0.2) is 8.42 Å². The van der Waals surface area contributed by atoms with Gasteiger partial charge in [0.15, 0.2) is 9.84 Å². The van der Waals surface area contributed by atoms with Crippen LogP contribution in [0.4, 0.5) is 0 Å². The number of carbonyl (C=O) groups is 1. The normalized spacial score (nSPS) is 22.9.